The van der Waals surface area contributed by atoms with Gasteiger partial charge in [-0.25, -0.2) is 0 Å². The van der Waals surface area contributed by atoms with Crippen LogP contribution in [0.1, 0.15) is 13.8 Å². The molecule has 0 amide bonds. The van der Waals surface area contributed by atoms with Crippen molar-refractivity contribution < 1.29 is 9.47 Å². The van der Waals surface area contributed by atoms with Crippen molar-refractivity contribution >= 4 is 23.3 Å². The Hall–Kier alpha value is -1.49. The van der Waals surface area contributed by atoms with Gasteiger partial charge in [0.2, 0.25) is 0 Å². The third-order valence-corrected chi connectivity index (χ3v) is 2.38. The third kappa shape index (κ3) is 2.04. The molecule has 2 aromatic rings. The van der Waals surface area contributed by atoms with Gasteiger partial charge in [0.25, 0.3) is 0 Å². The topological polar surface area (TPSA) is 50.0 Å². The lowest BCUT2D eigenvalue weighted by Crippen LogP contribution is -1.98. The van der Waals surface area contributed by atoms with E-state index in [1.807, 2.05) is 26.0 Å². The van der Waals surface area contributed by atoms with Crippen LogP contribution in [0.5, 0.6) is 11.5 Å². The van der Waals surface area contributed by atoms with E-state index in [4.69, 9.17) is 21.7 Å². The number of H-pyrrole nitrogens is 2. The van der Waals surface area contributed by atoms with E-state index < -0.39 is 0 Å². The van der Waals surface area contributed by atoms with Crippen LogP contribution >= 0.6 is 12.2 Å². The Labute approximate surface area is 98.6 Å². The van der Waals surface area contributed by atoms with E-state index in [2.05, 4.69) is 9.97 Å². The molecule has 0 saturated carbocycles. The van der Waals surface area contributed by atoms with Crippen molar-refractivity contribution in [1.29, 1.82) is 0 Å². The Morgan fingerprint density at radius 2 is 1.44 bits per heavy atom. The van der Waals surface area contributed by atoms with Crippen LogP contribution in [-0.2, 0) is 0 Å². The fraction of sp³-hybridized carbons (Fsp3) is 0.364. The van der Waals surface area contributed by atoms with Crippen LogP contribution in [-0.4, -0.2) is 23.2 Å². The summed E-state index contributed by atoms with van der Waals surface area (Å²) in [6, 6.07) is 3.80. The number of rotatable bonds is 4. The predicted molar refractivity (Wildman–Crippen MR) is 65.8 cm³/mol. The lowest BCUT2D eigenvalue weighted by Gasteiger charge is -2.10. The fourth-order valence-corrected chi connectivity index (χ4v) is 1.80. The first kappa shape index (κ1) is 11.0. The minimum atomic E-state index is 0.603. The molecule has 0 aliphatic rings. The van der Waals surface area contributed by atoms with Gasteiger partial charge < -0.3 is 19.4 Å². The summed E-state index contributed by atoms with van der Waals surface area (Å²) in [4.78, 5) is 6.10. The smallest absolute Gasteiger partial charge is 0.175 e. The molecule has 1 aromatic carbocycles. The maximum atomic E-state index is 5.51. The Balaban J connectivity index is 2.55. The summed E-state index contributed by atoms with van der Waals surface area (Å²) < 4.78 is 11.6. The molecule has 2 rings (SSSR count). The average molecular weight is 238 g/mol. The van der Waals surface area contributed by atoms with Crippen LogP contribution < -0.4 is 9.47 Å². The molecule has 1 aromatic heterocycles. The Kier molecular flexibility index (Phi) is 3.14. The van der Waals surface area contributed by atoms with Gasteiger partial charge in [-0.15, -0.1) is 0 Å². The van der Waals surface area contributed by atoms with Crippen molar-refractivity contribution in [1.82, 2.24) is 9.97 Å². The number of nitrogens with one attached hydrogen (secondary N) is 2. The molecule has 0 unspecified atom stereocenters. The lowest BCUT2D eigenvalue weighted by molar-refractivity contribution is 0.288. The van der Waals surface area contributed by atoms with Crippen LogP contribution in [0.25, 0.3) is 11.0 Å². The van der Waals surface area contributed by atoms with E-state index in [9.17, 15) is 0 Å². The SMILES string of the molecule is CCOc1cc2[nH]c(=S)[nH]c2cc1OCC. The van der Waals surface area contributed by atoms with Crippen LogP contribution in [0.4, 0.5) is 0 Å². The largest absolute Gasteiger partial charge is 0.490 e. The second-order valence-corrected chi connectivity index (χ2v) is 3.70. The van der Waals surface area contributed by atoms with Crippen molar-refractivity contribution in [3.05, 3.63) is 16.9 Å². The third-order valence-electron chi connectivity index (χ3n) is 2.18. The van der Waals surface area contributed by atoms with E-state index in [1.165, 1.54) is 0 Å². The summed E-state index contributed by atoms with van der Waals surface area (Å²) in [6.45, 7) is 5.10. The summed E-state index contributed by atoms with van der Waals surface area (Å²) >= 11 is 5.04. The highest BCUT2D eigenvalue weighted by molar-refractivity contribution is 7.71. The molecule has 5 heteroatoms. The first-order valence-electron chi connectivity index (χ1n) is 5.26. The highest BCUT2D eigenvalue weighted by Gasteiger charge is 2.08. The van der Waals surface area contributed by atoms with Crippen LogP contribution in [0.2, 0.25) is 0 Å². The zero-order valence-electron chi connectivity index (χ0n) is 9.29. The zero-order chi connectivity index (χ0) is 11.5. The van der Waals surface area contributed by atoms with Crippen LogP contribution in [0.15, 0.2) is 12.1 Å². The Bertz CT molecular complexity index is 498. The molecular formula is C11H14N2O2S. The molecule has 86 valence electrons. The van der Waals surface area contributed by atoms with Gasteiger partial charge in [0.15, 0.2) is 16.3 Å². The second kappa shape index (κ2) is 4.57. The lowest BCUT2D eigenvalue weighted by atomic mass is 10.2. The summed E-state index contributed by atoms with van der Waals surface area (Å²) in [5.74, 6) is 1.48. The molecule has 0 aliphatic carbocycles. The highest BCUT2D eigenvalue weighted by Crippen LogP contribution is 2.31. The molecule has 4 nitrogen and oxygen atoms in total. The van der Waals surface area contributed by atoms with Gasteiger partial charge in [0.1, 0.15) is 0 Å². The minimum Gasteiger partial charge on any atom is -0.490 e. The molecule has 0 radical (unpaired) electrons. The first-order valence-corrected chi connectivity index (χ1v) is 5.67. The van der Waals surface area contributed by atoms with Gasteiger partial charge in [0, 0.05) is 12.1 Å². The quantitative estimate of drug-likeness (QED) is 0.805. The number of hydrogen-bond donors (Lipinski definition) is 2. The average Bonchev–Trinajstić information content (AvgIpc) is 2.58. The van der Waals surface area contributed by atoms with E-state index in [0.717, 1.165) is 22.5 Å². The zero-order valence-corrected chi connectivity index (χ0v) is 10.1. The molecule has 0 spiro atoms. The summed E-state index contributed by atoms with van der Waals surface area (Å²) in [7, 11) is 0. The Morgan fingerprint density at radius 3 is 1.81 bits per heavy atom. The number of hydrogen-bond acceptors (Lipinski definition) is 3. The molecular weight excluding hydrogens is 224 g/mol. The molecule has 2 N–H and O–H groups in total. The number of aromatic nitrogens is 2. The van der Waals surface area contributed by atoms with Crippen LogP contribution in [0, 0.1) is 4.77 Å². The molecule has 0 saturated heterocycles. The van der Waals surface area contributed by atoms with E-state index in [1.54, 1.807) is 0 Å². The Morgan fingerprint density at radius 1 is 1.00 bits per heavy atom. The summed E-state index contributed by atoms with van der Waals surface area (Å²) in [5.41, 5.74) is 1.86. The van der Waals surface area contributed by atoms with Crippen molar-refractivity contribution in [3.8, 4) is 11.5 Å². The van der Waals surface area contributed by atoms with E-state index >= 15 is 0 Å². The second-order valence-electron chi connectivity index (χ2n) is 3.29. The van der Waals surface area contributed by atoms with Gasteiger partial charge in [-0.2, -0.15) is 0 Å². The van der Waals surface area contributed by atoms with E-state index in [-0.39, 0.29) is 0 Å². The molecule has 0 atom stereocenters. The van der Waals surface area contributed by atoms with Crippen molar-refractivity contribution in [2.75, 3.05) is 13.2 Å². The van der Waals surface area contributed by atoms with Gasteiger partial charge in [-0.05, 0) is 26.1 Å². The normalized spacial score (nSPS) is 10.6. The van der Waals surface area contributed by atoms with Crippen molar-refractivity contribution in [3.63, 3.8) is 0 Å². The summed E-state index contributed by atoms with van der Waals surface area (Å²) in [5, 5.41) is 0. The minimum absolute atomic E-state index is 0.603. The van der Waals surface area contributed by atoms with Crippen molar-refractivity contribution in [2.24, 2.45) is 0 Å². The first-order chi connectivity index (χ1) is 7.74. The van der Waals surface area contributed by atoms with Crippen LogP contribution in [0.3, 0.4) is 0 Å². The number of benzene rings is 1. The molecule has 16 heavy (non-hydrogen) atoms. The number of aromatic amines is 2. The van der Waals surface area contributed by atoms with Crippen molar-refractivity contribution in [2.45, 2.75) is 13.8 Å². The van der Waals surface area contributed by atoms with Gasteiger partial charge in [-0.3, -0.25) is 0 Å². The maximum Gasteiger partial charge on any atom is 0.175 e. The summed E-state index contributed by atoms with van der Waals surface area (Å²) in [6.07, 6.45) is 0. The van der Waals surface area contributed by atoms with Gasteiger partial charge >= 0.3 is 0 Å². The van der Waals surface area contributed by atoms with Gasteiger partial charge in [0.05, 0.1) is 24.2 Å². The molecule has 0 bridgehead atoms. The standard InChI is InChI=1S/C11H14N2O2S/c1-3-14-9-5-7-8(13-11(16)12-7)6-10(9)15-4-2/h5-6H,3-4H2,1-2H3,(H2,12,13,16). The highest BCUT2D eigenvalue weighted by atomic mass is 32.1. The maximum absolute atomic E-state index is 5.51. The molecule has 1 heterocycles. The predicted octanol–water partition coefficient (Wildman–Crippen LogP) is 3.02. The monoisotopic (exact) mass is 238 g/mol. The van der Waals surface area contributed by atoms with E-state index in [0.29, 0.717) is 18.0 Å². The number of imidazole rings is 1. The number of fused-ring (bicyclic) bond motifs is 1. The molecule has 0 aliphatic heterocycles. The van der Waals surface area contributed by atoms with Gasteiger partial charge in [-0.1, -0.05) is 0 Å². The number of ether oxygens (including phenoxy) is 2. The fourth-order valence-electron chi connectivity index (χ4n) is 1.58. The molecule has 0 fully saturated rings.